The van der Waals surface area contributed by atoms with Gasteiger partial charge in [-0.3, -0.25) is 4.79 Å². The van der Waals surface area contributed by atoms with E-state index in [0.717, 1.165) is 34.2 Å². The van der Waals surface area contributed by atoms with E-state index in [-0.39, 0.29) is 24.3 Å². The fourth-order valence-corrected chi connectivity index (χ4v) is 5.51. The first-order valence-corrected chi connectivity index (χ1v) is 11.9. The summed E-state index contributed by atoms with van der Waals surface area (Å²) in [5, 5.41) is 22.3. The highest BCUT2D eigenvalue weighted by Gasteiger charge is 2.45. The van der Waals surface area contributed by atoms with Crippen LogP contribution in [0.25, 0.3) is 22.3 Å². The average molecular weight is 453 g/mol. The third kappa shape index (κ3) is 2.97. The van der Waals surface area contributed by atoms with Crippen molar-refractivity contribution in [3.8, 4) is 17.1 Å². The second kappa shape index (κ2) is 7.64. The summed E-state index contributed by atoms with van der Waals surface area (Å²) in [6, 6.07) is 7.14. The minimum absolute atomic E-state index is 0.109. The van der Waals surface area contributed by atoms with Gasteiger partial charge in [-0.25, -0.2) is 9.78 Å². The molecule has 4 heterocycles. The van der Waals surface area contributed by atoms with Gasteiger partial charge in [0.05, 0.1) is 29.0 Å². The molecule has 0 saturated carbocycles. The normalized spacial score (nSPS) is 18.9. The van der Waals surface area contributed by atoms with Gasteiger partial charge < -0.3 is 19.5 Å². The smallest absolute Gasteiger partial charge is 0.343 e. The molecule has 2 aromatic heterocycles. The molecular formula is C24H24N2O5S. The number of carbonyl (C=O) groups excluding carboxylic acids is 1. The fraction of sp³-hybridized carbons (Fsp3) is 0.375. The lowest BCUT2D eigenvalue weighted by molar-refractivity contribution is -0.172. The molecule has 1 atom stereocenters. The Morgan fingerprint density at radius 2 is 2.06 bits per heavy atom. The van der Waals surface area contributed by atoms with Crippen molar-refractivity contribution in [1.82, 2.24) is 9.55 Å². The highest BCUT2D eigenvalue weighted by atomic mass is 32.2. The van der Waals surface area contributed by atoms with Gasteiger partial charge in [0.15, 0.2) is 5.60 Å². The highest BCUT2D eigenvalue weighted by Crippen LogP contribution is 2.40. The van der Waals surface area contributed by atoms with E-state index < -0.39 is 11.6 Å². The first-order valence-electron chi connectivity index (χ1n) is 10.8. The number of phenols is 1. The number of aromatic hydroxyl groups is 1. The van der Waals surface area contributed by atoms with Crippen LogP contribution >= 0.6 is 11.8 Å². The third-order valence-electron chi connectivity index (χ3n) is 6.37. The molecule has 166 valence electrons. The number of hydrogen-bond donors (Lipinski definition) is 2. The minimum atomic E-state index is -1.84. The summed E-state index contributed by atoms with van der Waals surface area (Å²) >= 11 is 1.76. The number of ether oxygens (including phenoxy) is 1. The van der Waals surface area contributed by atoms with Crippen molar-refractivity contribution in [2.75, 3.05) is 5.75 Å². The number of rotatable bonds is 5. The van der Waals surface area contributed by atoms with E-state index >= 15 is 0 Å². The fourth-order valence-electron chi connectivity index (χ4n) is 4.57. The van der Waals surface area contributed by atoms with Crippen molar-refractivity contribution in [2.24, 2.45) is 0 Å². The second-order valence-corrected chi connectivity index (χ2v) is 9.39. The lowest BCUT2D eigenvalue weighted by atomic mass is 9.86. The first kappa shape index (κ1) is 21.0. The monoisotopic (exact) mass is 452 g/mol. The van der Waals surface area contributed by atoms with Crippen LogP contribution in [0.5, 0.6) is 5.75 Å². The summed E-state index contributed by atoms with van der Waals surface area (Å²) in [5.41, 5.74) is 2.20. The zero-order valence-corrected chi connectivity index (χ0v) is 18.8. The van der Waals surface area contributed by atoms with Gasteiger partial charge in [0.25, 0.3) is 5.56 Å². The van der Waals surface area contributed by atoms with Crippen molar-refractivity contribution in [1.29, 1.82) is 0 Å². The van der Waals surface area contributed by atoms with Gasteiger partial charge >= 0.3 is 5.97 Å². The molecule has 0 saturated heterocycles. The Hall–Kier alpha value is -2.84. The van der Waals surface area contributed by atoms with Gasteiger partial charge in [-0.2, -0.15) is 11.8 Å². The van der Waals surface area contributed by atoms with Gasteiger partial charge in [0, 0.05) is 27.8 Å². The summed E-state index contributed by atoms with van der Waals surface area (Å²) < 4.78 is 6.74. The Labute approximate surface area is 189 Å². The van der Waals surface area contributed by atoms with Crippen LogP contribution in [-0.4, -0.2) is 31.5 Å². The first-order chi connectivity index (χ1) is 15.4. The second-order valence-electron chi connectivity index (χ2n) is 8.28. The van der Waals surface area contributed by atoms with Crippen molar-refractivity contribution in [3.63, 3.8) is 0 Å². The summed E-state index contributed by atoms with van der Waals surface area (Å²) in [6.07, 6.45) is 1.17. The Morgan fingerprint density at radius 3 is 2.81 bits per heavy atom. The minimum Gasteiger partial charge on any atom is -0.508 e. The molecule has 0 fully saturated rings. The number of cyclic esters (lactones) is 1. The summed E-state index contributed by atoms with van der Waals surface area (Å²) in [4.78, 5) is 30.4. The standard InChI is InChI=1S/C24H24N2O5S/c1-3-7-32-12-16-14-8-13-10-26-19(21(13)25-18(14)5-6-20(16)27)9-17-15(22(26)28)11-31-23(29)24(17,30)4-2/h5-6,8-9,27,30H,3-4,7,10-12H2,1-2H3/t24-/m0/s1. The number of pyridine rings is 2. The van der Waals surface area contributed by atoms with Gasteiger partial charge in [-0.1, -0.05) is 13.8 Å². The topological polar surface area (TPSA) is 102 Å². The van der Waals surface area contributed by atoms with Crippen LogP contribution in [0.15, 0.2) is 29.1 Å². The predicted octanol–water partition coefficient (Wildman–Crippen LogP) is 3.43. The summed E-state index contributed by atoms with van der Waals surface area (Å²) in [7, 11) is 0. The van der Waals surface area contributed by atoms with Crippen molar-refractivity contribution in [2.45, 2.75) is 51.2 Å². The highest BCUT2D eigenvalue weighted by molar-refractivity contribution is 7.98. The van der Waals surface area contributed by atoms with E-state index in [9.17, 15) is 19.8 Å². The van der Waals surface area contributed by atoms with E-state index in [4.69, 9.17) is 9.72 Å². The number of aromatic nitrogens is 2. The molecule has 32 heavy (non-hydrogen) atoms. The summed E-state index contributed by atoms with van der Waals surface area (Å²) in [6.45, 7) is 4.01. The van der Waals surface area contributed by atoms with Crippen LogP contribution in [0.2, 0.25) is 0 Å². The van der Waals surface area contributed by atoms with E-state index in [1.165, 1.54) is 0 Å². The Morgan fingerprint density at radius 1 is 1.25 bits per heavy atom. The predicted molar refractivity (Wildman–Crippen MR) is 123 cm³/mol. The number of thioether (sulfide) groups is 1. The third-order valence-corrected chi connectivity index (χ3v) is 7.56. The summed E-state index contributed by atoms with van der Waals surface area (Å²) in [5.74, 6) is 1.20. The molecule has 2 N–H and O–H groups in total. The van der Waals surface area contributed by atoms with Crippen molar-refractivity contribution < 1.29 is 19.7 Å². The molecule has 3 aromatic rings. The molecule has 1 aromatic carbocycles. The van der Waals surface area contributed by atoms with E-state index in [0.29, 0.717) is 34.8 Å². The van der Waals surface area contributed by atoms with Crippen molar-refractivity contribution >= 4 is 28.6 Å². The van der Waals surface area contributed by atoms with E-state index in [1.54, 1.807) is 41.5 Å². The number of phenolic OH excluding ortho intramolecular Hbond substituents is 1. The maximum Gasteiger partial charge on any atom is 0.343 e. The van der Waals surface area contributed by atoms with Crippen LogP contribution in [0.4, 0.5) is 0 Å². The number of benzene rings is 1. The Kier molecular flexibility index (Phi) is 5.02. The van der Waals surface area contributed by atoms with Gasteiger partial charge in [-0.05, 0) is 42.9 Å². The molecule has 0 amide bonds. The molecule has 7 nitrogen and oxygen atoms in total. The van der Waals surface area contributed by atoms with Crippen LogP contribution in [0, 0.1) is 0 Å². The Bertz CT molecular complexity index is 1330. The molecule has 0 bridgehead atoms. The molecule has 2 aliphatic rings. The van der Waals surface area contributed by atoms with Gasteiger partial charge in [-0.15, -0.1) is 0 Å². The molecule has 8 heteroatoms. The molecule has 2 aliphatic heterocycles. The molecule has 5 rings (SSSR count). The number of carbonyl (C=O) groups is 1. The van der Waals surface area contributed by atoms with Crippen LogP contribution < -0.4 is 5.56 Å². The van der Waals surface area contributed by atoms with E-state index in [1.807, 2.05) is 6.07 Å². The lowest BCUT2D eigenvalue weighted by Gasteiger charge is -2.31. The SMILES string of the molecule is CCCSCc1c(O)ccc2nc3c(cc12)Cn1c-3cc2c(c1=O)COC(=O)[C@]2(O)CC. The average Bonchev–Trinajstić information content (AvgIpc) is 3.15. The zero-order valence-electron chi connectivity index (χ0n) is 18.0. The van der Waals surface area contributed by atoms with E-state index in [2.05, 4.69) is 6.92 Å². The molecule has 0 spiro atoms. The quantitative estimate of drug-likeness (QED) is 0.353. The molecule has 0 unspecified atom stereocenters. The molecule has 0 aliphatic carbocycles. The number of fused-ring (bicyclic) bond motifs is 5. The van der Waals surface area contributed by atoms with Crippen LogP contribution in [-0.2, 0) is 34.0 Å². The number of aliphatic hydroxyl groups is 1. The maximum atomic E-state index is 13.3. The number of nitrogens with zero attached hydrogens (tertiary/aromatic N) is 2. The number of esters is 1. The van der Waals surface area contributed by atoms with Crippen molar-refractivity contribution in [3.05, 3.63) is 56.9 Å². The molecule has 0 radical (unpaired) electrons. The van der Waals surface area contributed by atoms with Crippen LogP contribution in [0.1, 0.15) is 48.9 Å². The Balaban J connectivity index is 1.69. The largest absolute Gasteiger partial charge is 0.508 e. The zero-order chi connectivity index (χ0) is 22.6. The molecular weight excluding hydrogens is 428 g/mol. The lowest BCUT2D eigenvalue weighted by Crippen LogP contribution is -2.44. The maximum absolute atomic E-state index is 13.3. The van der Waals surface area contributed by atoms with Gasteiger partial charge in [0.1, 0.15) is 12.4 Å². The number of hydrogen-bond acceptors (Lipinski definition) is 7. The van der Waals surface area contributed by atoms with Gasteiger partial charge in [0.2, 0.25) is 0 Å². The van der Waals surface area contributed by atoms with Crippen LogP contribution in [0.3, 0.4) is 0 Å².